The first-order valence-corrected chi connectivity index (χ1v) is 12.1. The van der Waals surface area contributed by atoms with Crippen molar-refractivity contribution in [2.24, 2.45) is 0 Å². The van der Waals surface area contributed by atoms with Gasteiger partial charge in [0.25, 0.3) is 5.91 Å². The van der Waals surface area contributed by atoms with Gasteiger partial charge in [0, 0.05) is 43.5 Å². The number of aromatic nitrogens is 1. The van der Waals surface area contributed by atoms with Crippen molar-refractivity contribution in [3.63, 3.8) is 0 Å². The van der Waals surface area contributed by atoms with Crippen molar-refractivity contribution < 1.29 is 23.8 Å². The second kappa shape index (κ2) is 10.3. The van der Waals surface area contributed by atoms with E-state index in [1.807, 2.05) is 42.3 Å². The zero-order valence-electron chi connectivity index (χ0n) is 20.5. The van der Waals surface area contributed by atoms with Crippen molar-refractivity contribution in [2.45, 2.75) is 39.3 Å². The number of hydrogen-bond acceptors (Lipinski definition) is 6. The number of benzene rings is 2. The molecule has 3 aromatic rings. The first kappa shape index (κ1) is 23.7. The van der Waals surface area contributed by atoms with E-state index in [4.69, 9.17) is 14.2 Å². The highest BCUT2D eigenvalue weighted by atomic mass is 16.7. The van der Waals surface area contributed by atoms with Crippen LogP contribution < -0.4 is 19.5 Å². The minimum absolute atomic E-state index is 0.134. The van der Waals surface area contributed by atoms with Gasteiger partial charge in [-0.1, -0.05) is 12.1 Å². The molecule has 8 nitrogen and oxygen atoms in total. The summed E-state index contributed by atoms with van der Waals surface area (Å²) in [7, 11) is 1.64. The van der Waals surface area contributed by atoms with E-state index in [-0.39, 0.29) is 18.6 Å². The van der Waals surface area contributed by atoms with E-state index in [9.17, 15) is 9.59 Å². The molecule has 0 atom stereocenters. The Morgan fingerprint density at radius 3 is 2.72 bits per heavy atom. The van der Waals surface area contributed by atoms with Gasteiger partial charge in [0.1, 0.15) is 5.75 Å². The molecule has 0 radical (unpaired) electrons. The molecule has 186 valence electrons. The minimum atomic E-state index is -0.184. The van der Waals surface area contributed by atoms with E-state index in [0.717, 1.165) is 34.6 Å². The number of hydrogen-bond donors (Lipinski definition) is 1. The van der Waals surface area contributed by atoms with Crippen LogP contribution in [0.2, 0.25) is 0 Å². The molecule has 0 saturated heterocycles. The Morgan fingerprint density at radius 1 is 1.11 bits per heavy atom. The van der Waals surface area contributed by atoms with Gasteiger partial charge in [0.05, 0.1) is 7.11 Å². The van der Waals surface area contributed by atoms with E-state index in [1.54, 1.807) is 25.3 Å². The number of rotatable bonds is 7. The molecule has 8 heteroatoms. The quantitative estimate of drug-likeness (QED) is 0.548. The van der Waals surface area contributed by atoms with Crippen LogP contribution in [0.25, 0.3) is 0 Å². The first-order valence-electron chi connectivity index (χ1n) is 12.1. The minimum Gasteiger partial charge on any atom is -0.497 e. The van der Waals surface area contributed by atoms with Crippen LogP contribution in [0.5, 0.6) is 17.2 Å². The number of amides is 2. The van der Waals surface area contributed by atoms with Crippen LogP contribution in [-0.2, 0) is 30.7 Å². The Morgan fingerprint density at radius 2 is 1.92 bits per heavy atom. The predicted octanol–water partition coefficient (Wildman–Crippen LogP) is 3.57. The fourth-order valence-electron chi connectivity index (χ4n) is 4.68. The molecule has 0 bridgehead atoms. The maximum absolute atomic E-state index is 12.9. The van der Waals surface area contributed by atoms with Gasteiger partial charge in [-0.2, -0.15) is 0 Å². The van der Waals surface area contributed by atoms with Crippen molar-refractivity contribution in [1.29, 1.82) is 0 Å². The molecule has 3 heterocycles. The number of carbonyl (C=O) groups excluding carboxylic acids is 2. The van der Waals surface area contributed by atoms with E-state index >= 15 is 0 Å². The maximum Gasteiger partial charge on any atom is 0.251 e. The number of methoxy groups -OCH3 is 1. The fourth-order valence-corrected chi connectivity index (χ4v) is 4.68. The van der Waals surface area contributed by atoms with Crippen molar-refractivity contribution in [2.75, 3.05) is 20.4 Å². The molecule has 0 aliphatic carbocycles. The molecule has 0 fully saturated rings. The number of aryl methyl sites for hydroxylation is 2. The summed E-state index contributed by atoms with van der Waals surface area (Å²) in [5.74, 6) is 1.98. The normalized spacial score (nSPS) is 13.8. The summed E-state index contributed by atoms with van der Waals surface area (Å²) in [5.41, 5.74) is 5.75. The van der Waals surface area contributed by atoms with Gasteiger partial charge in [0.15, 0.2) is 11.5 Å². The molecule has 5 rings (SSSR count). The molecule has 1 N–H and O–H groups in total. The topological polar surface area (TPSA) is 90.0 Å². The van der Waals surface area contributed by atoms with Crippen molar-refractivity contribution in [3.05, 3.63) is 82.2 Å². The van der Waals surface area contributed by atoms with Crippen molar-refractivity contribution in [3.8, 4) is 17.2 Å². The third kappa shape index (κ3) is 4.98. The monoisotopic (exact) mass is 487 g/mol. The Balaban J connectivity index is 1.21. The lowest BCUT2D eigenvalue weighted by Crippen LogP contribution is -2.37. The summed E-state index contributed by atoms with van der Waals surface area (Å²) in [5, 5.41) is 3.01. The lowest BCUT2D eigenvalue weighted by Gasteiger charge is -2.30. The van der Waals surface area contributed by atoms with E-state index in [1.165, 1.54) is 5.56 Å². The molecule has 2 aliphatic rings. The van der Waals surface area contributed by atoms with Crippen LogP contribution in [0.4, 0.5) is 0 Å². The predicted molar refractivity (Wildman–Crippen MR) is 133 cm³/mol. The van der Waals surface area contributed by atoms with Gasteiger partial charge in [-0.15, -0.1) is 0 Å². The molecule has 0 saturated carbocycles. The number of fused-ring (bicyclic) bond motifs is 2. The Kier molecular flexibility index (Phi) is 6.75. The van der Waals surface area contributed by atoms with Crippen LogP contribution in [-0.4, -0.2) is 42.1 Å². The zero-order chi connectivity index (χ0) is 25.1. The Labute approximate surface area is 210 Å². The smallest absolute Gasteiger partial charge is 0.251 e. The highest BCUT2D eigenvalue weighted by molar-refractivity contribution is 5.95. The third-order valence-corrected chi connectivity index (χ3v) is 6.80. The summed E-state index contributed by atoms with van der Waals surface area (Å²) >= 11 is 0. The van der Waals surface area contributed by atoms with Crippen LogP contribution in [0.1, 0.15) is 44.7 Å². The summed E-state index contributed by atoms with van der Waals surface area (Å²) < 4.78 is 15.9. The number of nitrogens with one attached hydrogen (secondary N) is 1. The molecular weight excluding hydrogens is 458 g/mol. The van der Waals surface area contributed by atoms with E-state index < -0.39 is 0 Å². The zero-order valence-corrected chi connectivity index (χ0v) is 20.5. The standard InChI is InChI=1S/C28H29N3O5/c1-18-24(15-30-28(33)20-6-9-25-26(13-20)36-17-35-25)23-11-12-31(16-21(23)14-29-18)27(32)10-5-19-3-7-22(34-2)8-4-19/h3-4,6-9,13-14H,5,10-12,15-17H2,1-2H3,(H,30,33). The lowest BCUT2D eigenvalue weighted by molar-refractivity contribution is -0.132. The fraction of sp³-hybridized carbons (Fsp3) is 0.321. The van der Waals surface area contributed by atoms with Gasteiger partial charge in [-0.05, 0) is 72.4 Å². The van der Waals surface area contributed by atoms with E-state index in [2.05, 4.69) is 10.3 Å². The van der Waals surface area contributed by atoms with Gasteiger partial charge >= 0.3 is 0 Å². The number of carbonyl (C=O) groups is 2. The first-order chi connectivity index (χ1) is 17.5. The Hall–Kier alpha value is -4.07. The van der Waals surface area contributed by atoms with Gasteiger partial charge < -0.3 is 24.4 Å². The molecule has 0 unspecified atom stereocenters. The summed E-state index contributed by atoms with van der Waals surface area (Å²) in [6.45, 7) is 3.69. The van der Waals surface area contributed by atoms with Crippen molar-refractivity contribution in [1.82, 2.24) is 15.2 Å². The maximum atomic E-state index is 12.9. The Bertz CT molecular complexity index is 1290. The molecule has 36 heavy (non-hydrogen) atoms. The van der Waals surface area contributed by atoms with Gasteiger partial charge in [-0.3, -0.25) is 14.6 Å². The highest BCUT2D eigenvalue weighted by Gasteiger charge is 2.24. The molecule has 0 spiro atoms. The SMILES string of the molecule is COc1ccc(CCC(=O)N2CCc3c(cnc(C)c3CNC(=O)c3ccc4c(c3)OCO4)C2)cc1. The summed E-state index contributed by atoms with van der Waals surface area (Å²) in [6, 6.07) is 13.0. The second-order valence-corrected chi connectivity index (χ2v) is 8.99. The largest absolute Gasteiger partial charge is 0.497 e. The third-order valence-electron chi connectivity index (χ3n) is 6.80. The van der Waals surface area contributed by atoms with Crippen LogP contribution in [0, 0.1) is 6.92 Å². The number of ether oxygens (including phenoxy) is 3. The molecule has 2 amide bonds. The average Bonchev–Trinajstić information content (AvgIpc) is 3.39. The molecular formula is C28H29N3O5. The lowest BCUT2D eigenvalue weighted by atomic mass is 9.94. The average molecular weight is 488 g/mol. The van der Waals surface area contributed by atoms with Gasteiger partial charge in [-0.25, -0.2) is 0 Å². The molecule has 2 aromatic carbocycles. The number of pyridine rings is 1. The molecule has 1 aromatic heterocycles. The van der Waals surface area contributed by atoms with Crippen LogP contribution in [0.3, 0.4) is 0 Å². The highest BCUT2D eigenvalue weighted by Crippen LogP contribution is 2.32. The van der Waals surface area contributed by atoms with Crippen LogP contribution >= 0.6 is 0 Å². The number of nitrogens with zero attached hydrogens (tertiary/aromatic N) is 2. The van der Waals surface area contributed by atoms with Crippen molar-refractivity contribution >= 4 is 11.8 Å². The summed E-state index contributed by atoms with van der Waals surface area (Å²) in [6.07, 6.45) is 3.74. The van der Waals surface area contributed by atoms with E-state index in [0.29, 0.717) is 49.5 Å². The molecule has 2 aliphatic heterocycles. The second-order valence-electron chi connectivity index (χ2n) is 8.99. The van der Waals surface area contributed by atoms with Gasteiger partial charge in [0.2, 0.25) is 12.7 Å². The van der Waals surface area contributed by atoms with Crippen LogP contribution in [0.15, 0.2) is 48.7 Å². The summed E-state index contributed by atoms with van der Waals surface area (Å²) in [4.78, 5) is 32.1.